The summed E-state index contributed by atoms with van der Waals surface area (Å²) in [6, 6.07) is 12.5. The van der Waals surface area contributed by atoms with E-state index >= 15 is 0 Å². The topological polar surface area (TPSA) is 92.8 Å². The summed E-state index contributed by atoms with van der Waals surface area (Å²) in [5, 5.41) is 2.70. The Hall–Kier alpha value is -3.48. The molecule has 1 heterocycles. The smallest absolute Gasteiger partial charge is 0.307 e. The number of para-hydroxylation sites is 2. The first-order valence-electron chi connectivity index (χ1n) is 9.76. The molecule has 0 saturated carbocycles. The lowest BCUT2D eigenvalue weighted by atomic mass is 9.99. The lowest BCUT2D eigenvalue weighted by Crippen LogP contribution is -2.47. The Morgan fingerprint density at radius 1 is 1.10 bits per heavy atom. The highest BCUT2D eigenvalue weighted by Gasteiger charge is 2.31. The van der Waals surface area contributed by atoms with Crippen LogP contribution in [0.25, 0.3) is 0 Å². The van der Waals surface area contributed by atoms with Crippen molar-refractivity contribution in [1.29, 1.82) is 0 Å². The molecule has 30 heavy (non-hydrogen) atoms. The summed E-state index contributed by atoms with van der Waals surface area (Å²) in [6.45, 7) is 5.06. The second kappa shape index (κ2) is 8.90. The normalized spacial score (nSPS) is 13.8. The van der Waals surface area contributed by atoms with Gasteiger partial charge in [-0.05, 0) is 44.5 Å². The molecule has 1 aliphatic rings. The molecule has 0 saturated heterocycles. The minimum absolute atomic E-state index is 0.00100. The number of hydrogen-bond acceptors (Lipinski definition) is 5. The molecular weight excluding hydrogens is 384 g/mol. The third-order valence-electron chi connectivity index (χ3n) is 4.94. The summed E-state index contributed by atoms with van der Waals surface area (Å²) in [5.74, 6) is -1.59. The molecule has 0 fully saturated rings. The first-order chi connectivity index (χ1) is 14.3. The van der Waals surface area contributed by atoms with Gasteiger partial charge in [0.25, 0.3) is 5.91 Å². The molecule has 0 radical (unpaired) electrons. The van der Waals surface area contributed by atoms with E-state index in [0.717, 1.165) is 11.1 Å². The number of Topliss-reactive ketones (excluding diaryl/α,β-unsaturated/α-hetero) is 1. The molecule has 1 N–H and O–H groups in total. The average Bonchev–Trinajstić information content (AvgIpc) is 2.72. The van der Waals surface area contributed by atoms with E-state index in [-0.39, 0.29) is 31.1 Å². The molecule has 156 valence electrons. The summed E-state index contributed by atoms with van der Waals surface area (Å²) in [5.41, 5.74) is 3.49. The van der Waals surface area contributed by atoms with E-state index in [1.54, 1.807) is 30.3 Å². The van der Waals surface area contributed by atoms with E-state index in [4.69, 9.17) is 4.74 Å². The Morgan fingerprint density at radius 3 is 2.60 bits per heavy atom. The Bertz CT molecular complexity index is 1010. The van der Waals surface area contributed by atoms with E-state index in [1.165, 1.54) is 11.8 Å². The molecule has 1 atom stereocenters. The zero-order chi connectivity index (χ0) is 21.8. The van der Waals surface area contributed by atoms with Crippen LogP contribution in [-0.4, -0.2) is 36.2 Å². The van der Waals surface area contributed by atoms with Crippen molar-refractivity contribution in [3.63, 3.8) is 0 Å². The van der Waals surface area contributed by atoms with Crippen LogP contribution >= 0.6 is 0 Å². The fourth-order valence-electron chi connectivity index (χ4n) is 3.34. The van der Waals surface area contributed by atoms with Gasteiger partial charge in [-0.1, -0.05) is 29.8 Å². The van der Waals surface area contributed by atoms with Crippen molar-refractivity contribution in [3.8, 4) is 0 Å². The van der Waals surface area contributed by atoms with Crippen LogP contribution in [0.3, 0.4) is 0 Å². The second-order valence-corrected chi connectivity index (χ2v) is 7.36. The average molecular weight is 408 g/mol. The van der Waals surface area contributed by atoms with E-state index in [9.17, 15) is 19.2 Å². The highest BCUT2D eigenvalue weighted by Crippen LogP contribution is 2.29. The Balaban J connectivity index is 1.59. The Kier molecular flexibility index (Phi) is 6.30. The monoisotopic (exact) mass is 408 g/mol. The molecule has 0 aromatic heterocycles. The second-order valence-electron chi connectivity index (χ2n) is 7.36. The van der Waals surface area contributed by atoms with Gasteiger partial charge in [0, 0.05) is 12.0 Å². The first kappa shape index (κ1) is 21.2. The third kappa shape index (κ3) is 4.74. The van der Waals surface area contributed by atoms with E-state index in [2.05, 4.69) is 5.32 Å². The fourth-order valence-corrected chi connectivity index (χ4v) is 3.34. The number of carbonyl (C=O) groups is 4. The highest BCUT2D eigenvalue weighted by atomic mass is 16.5. The van der Waals surface area contributed by atoms with Gasteiger partial charge in [0.1, 0.15) is 6.54 Å². The van der Waals surface area contributed by atoms with Crippen LogP contribution in [0.1, 0.15) is 41.3 Å². The number of aryl methyl sites for hydroxylation is 2. The maximum absolute atomic E-state index is 12.8. The van der Waals surface area contributed by atoms with Crippen molar-refractivity contribution < 1.29 is 23.9 Å². The number of ketones is 1. The number of nitrogens with one attached hydrogen (secondary N) is 1. The number of amides is 2. The van der Waals surface area contributed by atoms with Crippen molar-refractivity contribution in [2.75, 3.05) is 16.8 Å². The number of rotatable bonds is 6. The number of nitrogens with zero attached hydrogens (tertiary/aromatic N) is 1. The van der Waals surface area contributed by atoms with Crippen molar-refractivity contribution in [1.82, 2.24) is 0 Å². The van der Waals surface area contributed by atoms with Crippen LogP contribution in [0.5, 0.6) is 0 Å². The van der Waals surface area contributed by atoms with Crippen molar-refractivity contribution in [3.05, 3.63) is 59.2 Å². The summed E-state index contributed by atoms with van der Waals surface area (Å²) in [7, 11) is 0. The van der Waals surface area contributed by atoms with Gasteiger partial charge < -0.3 is 10.1 Å². The van der Waals surface area contributed by atoms with Crippen LogP contribution < -0.4 is 10.2 Å². The molecule has 2 amide bonds. The van der Waals surface area contributed by atoms with Crippen molar-refractivity contribution >= 4 is 34.9 Å². The fraction of sp³-hybridized carbons (Fsp3) is 0.304. The zero-order valence-corrected chi connectivity index (χ0v) is 17.2. The van der Waals surface area contributed by atoms with Crippen LogP contribution in [0.2, 0.25) is 0 Å². The number of hydrogen-bond donors (Lipinski definition) is 1. The molecule has 0 bridgehead atoms. The number of ether oxygens (including phenoxy) is 1. The van der Waals surface area contributed by atoms with Gasteiger partial charge in [-0.15, -0.1) is 0 Å². The molecule has 2 aromatic rings. The van der Waals surface area contributed by atoms with Gasteiger partial charge >= 0.3 is 5.97 Å². The van der Waals surface area contributed by atoms with Gasteiger partial charge in [-0.3, -0.25) is 24.1 Å². The van der Waals surface area contributed by atoms with Crippen LogP contribution in [0, 0.1) is 13.8 Å². The number of benzene rings is 2. The molecule has 0 spiro atoms. The predicted octanol–water partition coefficient (Wildman–Crippen LogP) is 3.18. The van der Waals surface area contributed by atoms with Crippen LogP contribution in [0.4, 0.5) is 11.4 Å². The first-order valence-corrected chi connectivity index (χ1v) is 9.76. The minimum atomic E-state index is -1.08. The summed E-state index contributed by atoms with van der Waals surface area (Å²) >= 11 is 0. The van der Waals surface area contributed by atoms with Gasteiger partial charge in [-0.2, -0.15) is 0 Å². The largest absolute Gasteiger partial charge is 0.453 e. The summed E-state index contributed by atoms with van der Waals surface area (Å²) < 4.78 is 5.24. The lowest BCUT2D eigenvalue weighted by Gasteiger charge is -2.30. The van der Waals surface area contributed by atoms with Gasteiger partial charge in [-0.25, -0.2) is 0 Å². The Morgan fingerprint density at radius 2 is 1.83 bits per heavy atom. The van der Waals surface area contributed by atoms with Gasteiger partial charge in [0.15, 0.2) is 11.9 Å². The molecule has 0 aliphatic carbocycles. The molecule has 7 heteroatoms. The maximum atomic E-state index is 12.8. The zero-order valence-electron chi connectivity index (χ0n) is 17.2. The van der Waals surface area contributed by atoms with E-state index in [1.807, 2.05) is 26.0 Å². The standard InChI is InChI=1S/C23H24N2O5/c1-14-8-9-15(2)17(12-14)20(26)10-11-22(28)30-16(3)23(29)25-13-21(27)24-18-6-4-5-7-19(18)25/h4-9,12,16H,10-11,13H2,1-3H3,(H,24,27)/t16-/m1/s1. The van der Waals surface area contributed by atoms with Gasteiger partial charge in [0.05, 0.1) is 17.8 Å². The molecule has 1 aliphatic heterocycles. The summed E-state index contributed by atoms with van der Waals surface area (Å²) in [4.78, 5) is 50.6. The van der Waals surface area contributed by atoms with Crippen LogP contribution in [-0.2, 0) is 19.1 Å². The predicted molar refractivity (Wildman–Crippen MR) is 112 cm³/mol. The number of fused-ring (bicyclic) bond motifs is 1. The number of carbonyl (C=O) groups excluding carboxylic acids is 4. The SMILES string of the molecule is Cc1ccc(C)c(C(=O)CCC(=O)O[C@H](C)C(=O)N2CC(=O)Nc3ccccc32)c1. The van der Waals surface area contributed by atoms with Crippen LogP contribution in [0.15, 0.2) is 42.5 Å². The minimum Gasteiger partial charge on any atom is -0.453 e. The van der Waals surface area contributed by atoms with Crippen molar-refractivity contribution in [2.24, 2.45) is 0 Å². The molecule has 0 unspecified atom stereocenters. The van der Waals surface area contributed by atoms with Gasteiger partial charge in [0.2, 0.25) is 5.91 Å². The summed E-state index contributed by atoms with van der Waals surface area (Å²) in [6.07, 6.45) is -1.20. The van der Waals surface area contributed by atoms with Crippen molar-refractivity contribution in [2.45, 2.75) is 39.7 Å². The Labute approximate surface area is 175 Å². The maximum Gasteiger partial charge on any atom is 0.307 e. The third-order valence-corrected chi connectivity index (χ3v) is 4.94. The van der Waals surface area contributed by atoms with E-state index < -0.39 is 18.0 Å². The quantitative estimate of drug-likeness (QED) is 0.585. The lowest BCUT2D eigenvalue weighted by molar-refractivity contribution is -0.153. The molecule has 7 nitrogen and oxygen atoms in total. The molecular formula is C23H24N2O5. The van der Waals surface area contributed by atoms with E-state index in [0.29, 0.717) is 16.9 Å². The molecule has 2 aromatic carbocycles. The number of esters is 1. The highest BCUT2D eigenvalue weighted by molar-refractivity contribution is 6.11. The molecule has 3 rings (SSSR count). The number of anilines is 2.